The van der Waals surface area contributed by atoms with Crippen molar-refractivity contribution < 1.29 is 19.1 Å². The number of hydrogen-bond donors (Lipinski definition) is 2. The van der Waals surface area contributed by atoms with Gasteiger partial charge in [-0.1, -0.05) is 23.2 Å². The third kappa shape index (κ3) is 3.48. The van der Waals surface area contributed by atoms with Crippen LogP contribution in [0, 0.1) is 5.82 Å². The third-order valence-corrected chi connectivity index (χ3v) is 3.11. The fourth-order valence-electron chi connectivity index (χ4n) is 1.51. The molecule has 0 saturated carbocycles. The highest BCUT2D eigenvalue weighted by Crippen LogP contribution is 2.25. The molecule has 0 saturated heterocycles. The highest BCUT2D eigenvalue weighted by Gasteiger charge is 2.15. The van der Waals surface area contributed by atoms with Crippen molar-refractivity contribution in [2.45, 2.75) is 0 Å². The summed E-state index contributed by atoms with van der Waals surface area (Å²) in [6.07, 6.45) is 1.23. The lowest BCUT2D eigenvalue weighted by Crippen LogP contribution is -2.14. The maximum absolute atomic E-state index is 13.4. The summed E-state index contributed by atoms with van der Waals surface area (Å²) >= 11 is 11.4. The second-order valence-electron chi connectivity index (χ2n) is 3.94. The second kappa shape index (κ2) is 6.07. The van der Waals surface area contributed by atoms with E-state index in [4.69, 9.17) is 28.3 Å². The third-order valence-electron chi connectivity index (χ3n) is 2.50. The van der Waals surface area contributed by atoms with Gasteiger partial charge in [0, 0.05) is 6.20 Å². The Bertz CT molecular complexity index is 737. The van der Waals surface area contributed by atoms with Gasteiger partial charge in [-0.3, -0.25) is 4.79 Å². The fraction of sp³-hybridized carbons (Fsp3) is 0. The second-order valence-corrected chi connectivity index (χ2v) is 4.75. The van der Waals surface area contributed by atoms with E-state index >= 15 is 0 Å². The van der Waals surface area contributed by atoms with Crippen molar-refractivity contribution in [2.24, 2.45) is 0 Å². The van der Waals surface area contributed by atoms with Crippen LogP contribution in [-0.2, 0) is 0 Å². The lowest BCUT2D eigenvalue weighted by atomic mass is 10.2. The molecular formula is C13H7Cl2FN2O3. The van der Waals surface area contributed by atoms with Crippen LogP contribution < -0.4 is 5.32 Å². The number of carboxylic acids is 1. The van der Waals surface area contributed by atoms with E-state index in [-0.39, 0.29) is 27.0 Å². The molecular weight excluding hydrogens is 322 g/mol. The van der Waals surface area contributed by atoms with E-state index in [1.165, 1.54) is 18.3 Å². The Morgan fingerprint density at radius 1 is 1.19 bits per heavy atom. The van der Waals surface area contributed by atoms with Crippen molar-refractivity contribution in [3.8, 4) is 0 Å². The van der Waals surface area contributed by atoms with E-state index in [2.05, 4.69) is 10.3 Å². The largest absolute Gasteiger partial charge is 0.478 e. The van der Waals surface area contributed by atoms with Crippen LogP contribution in [0.5, 0.6) is 0 Å². The van der Waals surface area contributed by atoms with Gasteiger partial charge in [-0.25, -0.2) is 14.2 Å². The molecule has 0 aliphatic rings. The molecule has 2 N–H and O–H groups in total. The van der Waals surface area contributed by atoms with E-state index in [0.717, 1.165) is 12.1 Å². The maximum Gasteiger partial charge on any atom is 0.335 e. The summed E-state index contributed by atoms with van der Waals surface area (Å²) in [5.74, 6) is -2.68. The Morgan fingerprint density at radius 3 is 2.57 bits per heavy atom. The van der Waals surface area contributed by atoms with Crippen LogP contribution in [0.25, 0.3) is 0 Å². The number of benzene rings is 1. The first-order chi connectivity index (χ1) is 9.88. The van der Waals surface area contributed by atoms with Gasteiger partial charge < -0.3 is 10.4 Å². The predicted molar refractivity (Wildman–Crippen MR) is 75.6 cm³/mol. The van der Waals surface area contributed by atoms with E-state index in [0.29, 0.717) is 0 Å². The first kappa shape index (κ1) is 15.2. The summed E-state index contributed by atoms with van der Waals surface area (Å²) in [6, 6.07) is 4.43. The number of anilines is 1. The molecule has 0 radical (unpaired) electrons. The molecule has 108 valence electrons. The number of hydrogen-bond acceptors (Lipinski definition) is 3. The average Bonchev–Trinajstić information content (AvgIpc) is 2.43. The van der Waals surface area contributed by atoms with Crippen molar-refractivity contribution in [1.82, 2.24) is 4.98 Å². The lowest BCUT2D eigenvalue weighted by molar-refractivity contribution is 0.0696. The molecule has 8 heteroatoms. The van der Waals surface area contributed by atoms with Crippen molar-refractivity contribution in [3.05, 3.63) is 57.5 Å². The van der Waals surface area contributed by atoms with Gasteiger partial charge >= 0.3 is 5.97 Å². The molecule has 5 nitrogen and oxygen atoms in total. The monoisotopic (exact) mass is 328 g/mol. The van der Waals surface area contributed by atoms with Gasteiger partial charge in [-0.2, -0.15) is 0 Å². The first-order valence-corrected chi connectivity index (χ1v) is 6.29. The predicted octanol–water partition coefficient (Wildman–Crippen LogP) is 3.48. The molecule has 1 aromatic carbocycles. The van der Waals surface area contributed by atoms with Gasteiger partial charge in [-0.15, -0.1) is 0 Å². The number of amides is 1. The van der Waals surface area contributed by atoms with Gasteiger partial charge in [0.15, 0.2) is 0 Å². The first-order valence-electron chi connectivity index (χ1n) is 5.53. The average molecular weight is 329 g/mol. The zero-order valence-corrected chi connectivity index (χ0v) is 11.7. The number of carbonyl (C=O) groups is 2. The Morgan fingerprint density at radius 2 is 1.90 bits per heavy atom. The van der Waals surface area contributed by atoms with Crippen molar-refractivity contribution in [3.63, 3.8) is 0 Å². The number of halogens is 3. The Kier molecular flexibility index (Phi) is 4.40. The lowest BCUT2D eigenvalue weighted by Gasteiger charge is -2.07. The molecule has 0 aliphatic carbocycles. The Labute approximate surface area is 128 Å². The minimum absolute atomic E-state index is 0.00586. The molecule has 0 bridgehead atoms. The van der Waals surface area contributed by atoms with Crippen LogP contribution in [0.15, 0.2) is 30.5 Å². The quantitative estimate of drug-likeness (QED) is 0.845. The molecule has 21 heavy (non-hydrogen) atoms. The Hall–Kier alpha value is -2.18. The number of aromatic nitrogens is 1. The number of aromatic carboxylic acids is 1. The number of nitrogens with zero attached hydrogens (tertiary/aromatic N) is 1. The minimum Gasteiger partial charge on any atom is -0.478 e. The summed E-state index contributed by atoms with van der Waals surface area (Å²) in [7, 11) is 0. The number of rotatable bonds is 3. The molecule has 0 fully saturated rings. The molecule has 0 aliphatic heterocycles. The van der Waals surface area contributed by atoms with Crippen LogP contribution in [0.3, 0.4) is 0 Å². The van der Waals surface area contributed by atoms with Crippen LogP contribution in [-0.4, -0.2) is 22.0 Å². The molecule has 0 spiro atoms. The van der Waals surface area contributed by atoms with Crippen molar-refractivity contribution in [1.29, 1.82) is 0 Å². The highest BCUT2D eigenvalue weighted by atomic mass is 35.5. The zero-order valence-electron chi connectivity index (χ0n) is 10.2. The minimum atomic E-state index is -1.16. The smallest absolute Gasteiger partial charge is 0.335 e. The molecule has 2 rings (SSSR count). The Balaban J connectivity index is 2.28. The van der Waals surface area contributed by atoms with Crippen molar-refractivity contribution in [2.75, 3.05) is 5.32 Å². The number of carbonyl (C=O) groups excluding carboxylic acids is 1. The molecule has 1 amide bonds. The summed E-state index contributed by atoms with van der Waals surface area (Å²) in [4.78, 5) is 26.6. The number of nitrogens with one attached hydrogen (secondary N) is 1. The molecule has 0 unspecified atom stereocenters. The topological polar surface area (TPSA) is 79.3 Å². The summed E-state index contributed by atoms with van der Waals surface area (Å²) in [5, 5.41) is 10.9. The molecule has 1 heterocycles. The standard InChI is InChI=1S/C13H7Cl2FN2O3/c14-8-5-9(15)10(16)4-7(8)12(19)18-11-3-6(13(20)21)1-2-17-11/h1-5H,(H,20,21)(H,17,18,19). The maximum atomic E-state index is 13.4. The van der Waals surface area contributed by atoms with Crippen LogP contribution in [0.1, 0.15) is 20.7 Å². The van der Waals surface area contributed by atoms with Crippen molar-refractivity contribution >= 4 is 40.9 Å². The van der Waals surface area contributed by atoms with E-state index in [1.54, 1.807) is 0 Å². The fourth-order valence-corrected chi connectivity index (χ4v) is 1.98. The van der Waals surface area contributed by atoms with Gasteiger partial charge in [0.1, 0.15) is 11.6 Å². The molecule has 1 aromatic heterocycles. The van der Waals surface area contributed by atoms with E-state index in [9.17, 15) is 14.0 Å². The SMILES string of the molecule is O=C(O)c1ccnc(NC(=O)c2cc(F)c(Cl)cc2Cl)c1. The van der Waals surface area contributed by atoms with Gasteiger partial charge in [-0.05, 0) is 24.3 Å². The van der Waals surface area contributed by atoms with Crippen LogP contribution in [0.2, 0.25) is 10.0 Å². The van der Waals surface area contributed by atoms with E-state index in [1.807, 2.05) is 0 Å². The molecule has 2 aromatic rings. The zero-order chi connectivity index (χ0) is 15.6. The summed E-state index contributed by atoms with van der Waals surface area (Å²) in [5.41, 5.74) is -0.185. The van der Waals surface area contributed by atoms with Gasteiger partial charge in [0.2, 0.25) is 0 Å². The van der Waals surface area contributed by atoms with Gasteiger partial charge in [0.05, 0.1) is 21.2 Å². The highest BCUT2D eigenvalue weighted by molar-refractivity contribution is 6.37. The number of pyridine rings is 1. The molecule has 0 atom stereocenters. The van der Waals surface area contributed by atoms with E-state index < -0.39 is 17.7 Å². The normalized spacial score (nSPS) is 10.2. The summed E-state index contributed by atoms with van der Waals surface area (Å²) < 4.78 is 13.4. The van der Waals surface area contributed by atoms with Gasteiger partial charge in [0.25, 0.3) is 5.91 Å². The number of carboxylic acid groups (broad SMARTS) is 1. The van der Waals surface area contributed by atoms with Crippen LogP contribution in [0.4, 0.5) is 10.2 Å². The van der Waals surface area contributed by atoms with Crippen LogP contribution >= 0.6 is 23.2 Å². The summed E-state index contributed by atoms with van der Waals surface area (Å²) in [6.45, 7) is 0.